The fourth-order valence-electron chi connectivity index (χ4n) is 3.81. The van der Waals surface area contributed by atoms with Crippen molar-refractivity contribution in [1.82, 2.24) is 14.9 Å². The molecule has 29 heavy (non-hydrogen) atoms. The molecule has 0 bridgehead atoms. The second kappa shape index (κ2) is 7.61. The summed E-state index contributed by atoms with van der Waals surface area (Å²) in [5.41, 5.74) is 1.65. The van der Waals surface area contributed by atoms with Crippen LogP contribution >= 0.6 is 22.9 Å². The highest BCUT2D eigenvalue weighted by Crippen LogP contribution is 2.36. The summed E-state index contributed by atoms with van der Waals surface area (Å²) in [6.45, 7) is 0.692. The molecule has 1 saturated heterocycles. The summed E-state index contributed by atoms with van der Waals surface area (Å²) in [6, 6.07) is 15.4. The molecule has 7 heteroatoms. The summed E-state index contributed by atoms with van der Waals surface area (Å²) in [6.07, 6.45) is 3.59. The number of hydrogen-bond acceptors (Lipinski definition) is 5. The summed E-state index contributed by atoms with van der Waals surface area (Å²) in [4.78, 5) is 24.0. The molecule has 0 radical (unpaired) electrons. The minimum atomic E-state index is -0.0363. The van der Waals surface area contributed by atoms with E-state index in [0.29, 0.717) is 16.3 Å². The van der Waals surface area contributed by atoms with Crippen molar-refractivity contribution in [3.63, 3.8) is 0 Å². The van der Waals surface area contributed by atoms with Gasteiger partial charge in [0, 0.05) is 18.1 Å². The van der Waals surface area contributed by atoms with Crippen molar-refractivity contribution in [3.05, 3.63) is 64.8 Å². The highest BCUT2D eigenvalue weighted by molar-refractivity contribution is 7.18. The van der Waals surface area contributed by atoms with Crippen LogP contribution in [0.15, 0.2) is 54.7 Å². The third-order valence-corrected chi connectivity index (χ3v) is 6.67. The van der Waals surface area contributed by atoms with Gasteiger partial charge in [-0.05, 0) is 49.2 Å². The van der Waals surface area contributed by atoms with Crippen LogP contribution < -0.4 is 4.74 Å². The number of hydrogen-bond donors (Lipinski definition) is 0. The first-order valence-corrected chi connectivity index (χ1v) is 10.7. The van der Waals surface area contributed by atoms with E-state index in [1.54, 1.807) is 29.7 Å². The molecule has 1 amide bonds. The molecule has 1 aliphatic rings. The molecule has 2 aromatic heterocycles. The number of rotatable bonds is 4. The maximum Gasteiger partial charge on any atom is 0.261 e. The van der Waals surface area contributed by atoms with Crippen LogP contribution in [0.4, 0.5) is 0 Å². The van der Waals surface area contributed by atoms with Gasteiger partial charge in [-0.15, -0.1) is 11.3 Å². The number of thiazole rings is 1. The molecule has 5 rings (SSSR count). The largest absolute Gasteiger partial charge is 0.481 e. The summed E-state index contributed by atoms with van der Waals surface area (Å²) >= 11 is 7.90. The van der Waals surface area contributed by atoms with E-state index in [4.69, 9.17) is 21.3 Å². The highest BCUT2D eigenvalue weighted by Gasteiger charge is 2.32. The predicted molar refractivity (Wildman–Crippen MR) is 116 cm³/mol. The molecule has 0 N–H and O–H groups in total. The van der Waals surface area contributed by atoms with Gasteiger partial charge in [-0.1, -0.05) is 23.7 Å². The van der Waals surface area contributed by atoms with Crippen molar-refractivity contribution < 1.29 is 9.53 Å². The molecule has 0 spiro atoms. The van der Waals surface area contributed by atoms with Gasteiger partial charge in [-0.2, -0.15) is 0 Å². The van der Waals surface area contributed by atoms with E-state index in [1.165, 1.54) is 0 Å². The third-order valence-electron chi connectivity index (χ3n) is 5.20. The summed E-state index contributed by atoms with van der Waals surface area (Å²) in [7, 11) is 0. The molecule has 3 heterocycles. The first-order valence-electron chi connectivity index (χ1n) is 9.52. The molecule has 1 atom stereocenters. The van der Waals surface area contributed by atoms with Gasteiger partial charge in [0.05, 0.1) is 21.3 Å². The average molecular weight is 424 g/mol. The van der Waals surface area contributed by atoms with E-state index in [9.17, 15) is 4.79 Å². The SMILES string of the molecule is O=C(COc1ccc(Cl)c2cccnc12)N1CCCC1c1nc2ccccc2s1. The van der Waals surface area contributed by atoms with Gasteiger partial charge in [0.2, 0.25) is 0 Å². The van der Waals surface area contributed by atoms with Crippen molar-refractivity contribution in [2.45, 2.75) is 18.9 Å². The smallest absolute Gasteiger partial charge is 0.261 e. The minimum absolute atomic E-state index is 0.0172. The number of likely N-dealkylation sites (tertiary alicyclic amines) is 1. The van der Waals surface area contributed by atoms with Gasteiger partial charge < -0.3 is 9.64 Å². The standard InChI is InChI=1S/C22H18ClN3O2S/c23-15-9-10-18(21-14(15)5-3-11-24-21)28-13-20(27)26-12-4-7-17(26)22-25-16-6-1-2-8-19(16)29-22/h1-3,5-6,8-11,17H,4,7,12-13H2. The van der Waals surface area contributed by atoms with Gasteiger partial charge in [-0.3, -0.25) is 9.78 Å². The topological polar surface area (TPSA) is 55.3 Å². The second-order valence-electron chi connectivity index (χ2n) is 7.00. The Kier molecular flexibility index (Phi) is 4.81. The monoisotopic (exact) mass is 423 g/mol. The van der Waals surface area contributed by atoms with Crippen molar-refractivity contribution in [2.24, 2.45) is 0 Å². The Morgan fingerprint density at radius 1 is 1.21 bits per heavy atom. The van der Waals surface area contributed by atoms with Crippen LogP contribution in [0, 0.1) is 0 Å². The summed E-state index contributed by atoms with van der Waals surface area (Å²) in [5, 5.41) is 2.42. The molecule has 2 aromatic carbocycles. The van der Waals surface area contributed by atoms with Crippen LogP contribution in [-0.2, 0) is 4.79 Å². The highest BCUT2D eigenvalue weighted by atomic mass is 35.5. The van der Waals surface area contributed by atoms with E-state index in [2.05, 4.69) is 11.1 Å². The average Bonchev–Trinajstić information content (AvgIpc) is 3.40. The number of para-hydroxylation sites is 1. The fraction of sp³-hybridized carbons (Fsp3) is 0.227. The summed E-state index contributed by atoms with van der Waals surface area (Å²) < 4.78 is 7.01. The van der Waals surface area contributed by atoms with Crippen molar-refractivity contribution in [1.29, 1.82) is 0 Å². The number of halogens is 1. The minimum Gasteiger partial charge on any atom is -0.481 e. The predicted octanol–water partition coefficient (Wildman–Crippen LogP) is 5.24. The molecular weight excluding hydrogens is 406 g/mol. The van der Waals surface area contributed by atoms with Crippen LogP contribution in [-0.4, -0.2) is 33.9 Å². The first-order chi connectivity index (χ1) is 14.2. The van der Waals surface area contributed by atoms with Gasteiger partial charge >= 0.3 is 0 Å². The Hall–Kier alpha value is -2.70. The van der Waals surface area contributed by atoms with Crippen molar-refractivity contribution in [3.8, 4) is 5.75 Å². The number of benzene rings is 2. The summed E-state index contributed by atoms with van der Waals surface area (Å²) in [5.74, 6) is 0.528. The van der Waals surface area contributed by atoms with Gasteiger partial charge in [0.15, 0.2) is 6.61 Å². The number of ether oxygens (including phenoxy) is 1. The zero-order valence-electron chi connectivity index (χ0n) is 15.5. The fourth-order valence-corrected chi connectivity index (χ4v) is 5.14. The molecule has 4 aromatic rings. The lowest BCUT2D eigenvalue weighted by molar-refractivity contribution is -0.134. The number of nitrogens with zero attached hydrogens (tertiary/aromatic N) is 3. The Labute approximate surface area is 176 Å². The number of amides is 1. The van der Waals surface area contributed by atoms with E-state index in [-0.39, 0.29) is 18.6 Å². The van der Waals surface area contributed by atoms with E-state index in [1.807, 2.05) is 35.2 Å². The molecule has 1 fully saturated rings. The van der Waals surface area contributed by atoms with Crippen LogP contribution in [0.3, 0.4) is 0 Å². The number of carbonyl (C=O) groups is 1. The van der Waals surface area contributed by atoms with Crippen LogP contribution in [0.25, 0.3) is 21.1 Å². The Morgan fingerprint density at radius 2 is 2.10 bits per heavy atom. The number of carbonyl (C=O) groups excluding carboxylic acids is 1. The second-order valence-corrected chi connectivity index (χ2v) is 8.47. The first kappa shape index (κ1) is 18.3. The lowest BCUT2D eigenvalue weighted by Crippen LogP contribution is -2.34. The Morgan fingerprint density at radius 3 is 3.00 bits per heavy atom. The molecule has 0 saturated carbocycles. The maximum atomic E-state index is 13.0. The molecule has 1 aliphatic heterocycles. The van der Waals surface area contributed by atoms with Crippen molar-refractivity contribution in [2.75, 3.05) is 13.2 Å². The van der Waals surface area contributed by atoms with Gasteiger partial charge in [-0.25, -0.2) is 4.98 Å². The Bertz CT molecular complexity index is 1180. The maximum absolute atomic E-state index is 13.0. The molecule has 5 nitrogen and oxygen atoms in total. The molecule has 1 unspecified atom stereocenters. The van der Waals surface area contributed by atoms with E-state index >= 15 is 0 Å². The molecular formula is C22H18ClN3O2S. The lowest BCUT2D eigenvalue weighted by Gasteiger charge is -2.23. The molecule has 0 aliphatic carbocycles. The van der Waals surface area contributed by atoms with E-state index < -0.39 is 0 Å². The van der Waals surface area contributed by atoms with Crippen LogP contribution in [0.1, 0.15) is 23.9 Å². The normalized spacial score (nSPS) is 16.6. The van der Waals surface area contributed by atoms with Crippen LogP contribution in [0.5, 0.6) is 5.75 Å². The van der Waals surface area contributed by atoms with Gasteiger partial charge in [0.25, 0.3) is 5.91 Å². The number of pyridine rings is 1. The lowest BCUT2D eigenvalue weighted by atomic mass is 10.2. The number of aromatic nitrogens is 2. The zero-order chi connectivity index (χ0) is 19.8. The van der Waals surface area contributed by atoms with Crippen molar-refractivity contribution >= 4 is 50.0 Å². The third kappa shape index (κ3) is 3.43. The van der Waals surface area contributed by atoms with Crippen LogP contribution in [0.2, 0.25) is 5.02 Å². The van der Waals surface area contributed by atoms with E-state index in [0.717, 1.165) is 40.0 Å². The molecule has 146 valence electrons. The Balaban J connectivity index is 1.35. The quantitative estimate of drug-likeness (QED) is 0.450. The zero-order valence-corrected chi connectivity index (χ0v) is 17.1. The number of fused-ring (bicyclic) bond motifs is 2. The van der Waals surface area contributed by atoms with Gasteiger partial charge in [0.1, 0.15) is 16.3 Å².